The van der Waals surface area contributed by atoms with Gasteiger partial charge in [0.15, 0.2) is 0 Å². The highest BCUT2D eigenvalue weighted by Crippen LogP contribution is 2.21. The van der Waals surface area contributed by atoms with E-state index in [9.17, 15) is 4.79 Å². The van der Waals surface area contributed by atoms with Crippen molar-refractivity contribution in [1.29, 1.82) is 0 Å². The lowest BCUT2D eigenvalue weighted by molar-refractivity contribution is -0.113. The van der Waals surface area contributed by atoms with Gasteiger partial charge >= 0.3 is 0 Å². The van der Waals surface area contributed by atoms with E-state index in [1.165, 1.54) is 5.57 Å². The molecular weight excluding hydrogens is 148 g/mol. The summed E-state index contributed by atoms with van der Waals surface area (Å²) in [5.74, 6) is 0. The molecule has 0 rings (SSSR count). The summed E-state index contributed by atoms with van der Waals surface area (Å²) in [6, 6.07) is 0. The third kappa shape index (κ3) is 4.12. The van der Waals surface area contributed by atoms with Crippen molar-refractivity contribution >= 4 is 6.29 Å². The van der Waals surface area contributed by atoms with Gasteiger partial charge in [-0.3, -0.25) is 0 Å². The summed E-state index contributed by atoms with van der Waals surface area (Å²) >= 11 is 0. The second-order valence-electron chi connectivity index (χ2n) is 3.61. The summed E-state index contributed by atoms with van der Waals surface area (Å²) in [6.07, 6.45) is 7.76. The minimum absolute atomic E-state index is 0.313. The van der Waals surface area contributed by atoms with Crippen molar-refractivity contribution < 1.29 is 4.79 Å². The summed E-state index contributed by atoms with van der Waals surface area (Å²) in [5, 5.41) is 0. The van der Waals surface area contributed by atoms with E-state index in [1.54, 1.807) is 0 Å². The minimum atomic E-state index is -0.313. The third-order valence-electron chi connectivity index (χ3n) is 1.77. The molecule has 1 unspecified atom stereocenters. The first-order valence-corrected chi connectivity index (χ1v) is 4.27. The molecule has 1 nitrogen and oxygen atoms in total. The first-order valence-electron chi connectivity index (χ1n) is 4.27. The summed E-state index contributed by atoms with van der Waals surface area (Å²) in [4.78, 5) is 10.7. The van der Waals surface area contributed by atoms with Gasteiger partial charge in [-0.2, -0.15) is 0 Å². The molecule has 0 fully saturated rings. The van der Waals surface area contributed by atoms with Gasteiger partial charge < -0.3 is 4.79 Å². The van der Waals surface area contributed by atoms with E-state index in [4.69, 9.17) is 0 Å². The topological polar surface area (TPSA) is 17.1 Å². The van der Waals surface area contributed by atoms with E-state index < -0.39 is 0 Å². The SMILES string of the molecule is C/C=C/C(C)(C=O)CC=C(C)C. The molecule has 0 aromatic carbocycles. The Morgan fingerprint density at radius 1 is 1.42 bits per heavy atom. The van der Waals surface area contributed by atoms with Gasteiger partial charge in [-0.15, -0.1) is 0 Å². The van der Waals surface area contributed by atoms with Gasteiger partial charge in [-0.05, 0) is 34.1 Å². The Morgan fingerprint density at radius 2 is 2.00 bits per heavy atom. The maximum Gasteiger partial charge on any atom is 0.129 e. The largest absolute Gasteiger partial charge is 0.302 e. The second-order valence-corrected chi connectivity index (χ2v) is 3.61. The number of hydrogen-bond acceptors (Lipinski definition) is 1. The number of hydrogen-bond donors (Lipinski definition) is 0. The first kappa shape index (κ1) is 11.2. The number of carbonyl (C=O) groups is 1. The van der Waals surface area contributed by atoms with Gasteiger partial charge in [0.05, 0.1) is 0 Å². The quantitative estimate of drug-likeness (QED) is 0.463. The van der Waals surface area contributed by atoms with Crippen molar-refractivity contribution in [3.8, 4) is 0 Å². The molecule has 0 amide bonds. The van der Waals surface area contributed by atoms with Crippen molar-refractivity contribution in [3.05, 3.63) is 23.8 Å². The van der Waals surface area contributed by atoms with Crippen LogP contribution in [-0.2, 0) is 4.79 Å². The molecule has 0 aliphatic carbocycles. The van der Waals surface area contributed by atoms with E-state index in [-0.39, 0.29) is 5.41 Å². The summed E-state index contributed by atoms with van der Waals surface area (Å²) < 4.78 is 0. The average Bonchev–Trinajstić information content (AvgIpc) is 2.02. The Labute approximate surface area is 75.2 Å². The lowest BCUT2D eigenvalue weighted by atomic mass is 9.87. The fourth-order valence-corrected chi connectivity index (χ4v) is 0.960. The zero-order chi connectivity index (χ0) is 9.61. The maximum absolute atomic E-state index is 10.7. The van der Waals surface area contributed by atoms with Crippen LogP contribution in [0.2, 0.25) is 0 Å². The average molecular weight is 166 g/mol. The molecule has 1 heteroatoms. The van der Waals surface area contributed by atoms with Crippen molar-refractivity contribution in [2.75, 3.05) is 0 Å². The third-order valence-corrected chi connectivity index (χ3v) is 1.77. The van der Waals surface area contributed by atoms with Crippen LogP contribution >= 0.6 is 0 Å². The Bertz CT molecular complexity index is 197. The van der Waals surface area contributed by atoms with Crippen LogP contribution in [0.15, 0.2) is 23.8 Å². The Balaban J connectivity index is 4.34. The molecular formula is C11H18O. The van der Waals surface area contributed by atoms with E-state index in [1.807, 2.05) is 39.8 Å². The Morgan fingerprint density at radius 3 is 2.33 bits per heavy atom. The van der Waals surface area contributed by atoms with Crippen LogP contribution in [-0.4, -0.2) is 6.29 Å². The molecule has 0 saturated heterocycles. The first-order chi connectivity index (χ1) is 5.54. The molecule has 0 radical (unpaired) electrons. The van der Waals surface area contributed by atoms with Gasteiger partial charge in [0.2, 0.25) is 0 Å². The molecule has 68 valence electrons. The van der Waals surface area contributed by atoms with Crippen molar-refractivity contribution in [1.82, 2.24) is 0 Å². The van der Waals surface area contributed by atoms with Crippen LogP contribution in [0, 0.1) is 5.41 Å². The zero-order valence-electron chi connectivity index (χ0n) is 8.42. The predicted molar refractivity (Wildman–Crippen MR) is 53.0 cm³/mol. The molecule has 12 heavy (non-hydrogen) atoms. The van der Waals surface area contributed by atoms with Gasteiger partial charge in [0.1, 0.15) is 6.29 Å². The molecule has 0 aromatic heterocycles. The van der Waals surface area contributed by atoms with E-state index in [0.29, 0.717) is 0 Å². The van der Waals surface area contributed by atoms with Crippen LogP contribution < -0.4 is 0 Å². The molecule has 1 atom stereocenters. The lowest BCUT2D eigenvalue weighted by Gasteiger charge is -2.15. The molecule has 0 spiro atoms. The summed E-state index contributed by atoms with van der Waals surface area (Å²) in [5.41, 5.74) is 0.944. The van der Waals surface area contributed by atoms with Gasteiger partial charge in [-0.1, -0.05) is 23.8 Å². The van der Waals surface area contributed by atoms with E-state index in [2.05, 4.69) is 6.08 Å². The maximum atomic E-state index is 10.7. The molecule has 0 aliphatic rings. The molecule has 0 aromatic rings. The predicted octanol–water partition coefficient (Wildman–Crippen LogP) is 3.12. The molecule has 0 aliphatic heterocycles. The lowest BCUT2D eigenvalue weighted by Crippen LogP contribution is -2.13. The zero-order valence-corrected chi connectivity index (χ0v) is 8.42. The van der Waals surface area contributed by atoms with Crippen LogP contribution in [0.4, 0.5) is 0 Å². The highest BCUT2D eigenvalue weighted by molar-refractivity contribution is 5.62. The van der Waals surface area contributed by atoms with Crippen molar-refractivity contribution in [2.45, 2.75) is 34.1 Å². The normalized spacial score (nSPS) is 15.7. The van der Waals surface area contributed by atoms with Gasteiger partial charge in [0.25, 0.3) is 0 Å². The van der Waals surface area contributed by atoms with Crippen LogP contribution in [0.25, 0.3) is 0 Å². The van der Waals surface area contributed by atoms with Crippen LogP contribution in [0.5, 0.6) is 0 Å². The highest BCUT2D eigenvalue weighted by Gasteiger charge is 2.17. The van der Waals surface area contributed by atoms with Gasteiger partial charge in [-0.25, -0.2) is 0 Å². The number of carbonyl (C=O) groups excluding carboxylic acids is 1. The van der Waals surface area contributed by atoms with E-state index >= 15 is 0 Å². The smallest absolute Gasteiger partial charge is 0.129 e. The second kappa shape index (κ2) is 4.91. The molecule has 0 bridgehead atoms. The molecule has 0 N–H and O–H groups in total. The number of aldehydes is 1. The summed E-state index contributed by atoms with van der Waals surface area (Å²) in [7, 11) is 0. The highest BCUT2D eigenvalue weighted by atomic mass is 16.1. The fraction of sp³-hybridized carbons (Fsp3) is 0.545. The molecule has 0 saturated carbocycles. The van der Waals surface area contributed by atoms with Gasteiger partial charge in [0, 0.05) is 5.41 Å². The Hall–Kier alpha value is -0.850. The van der Waals surface area contributed by atoms with Crippen LogP contribution in [0.3, 0.4) is 0 Å². The van der Waals surface area contributed by atoms with Crippen LogP contribution in [0.1, 0.15) is 34.1 Å². The van der Waals surface area contributed by atoms with Crippen molar-refractivity contribution in [3.63, 3.8) is 0 Å². The Kier molecular flexibility index (Phi) is 4.57. The van der Waals surface area contributed by atoms with E-state index in [0.717, 1.165) is 12.7 Å². The number of allylic oxidation sites excluding steroid dienone is 4. The standard InChI is InChI=1S/C11H18O/c1-5-7-11(4,9-12)8-6-10(2)3/h5-7,9H,8H2,1-4H3/b7-5+. The minimum Gasteiger partial charge on any atom is -0.302 e. The summed E-state index contributed by atoms with van der Waals surface area (Å²) in [6.45, 7) is 7.96. The fourth-order valence-electron chi connectivity index (χ4n) is 0.960. The molecule has 0 heterocycles. The van der Waals surface area contributed by atoms with Crippen molar-refractivity contribution in [2.24, 2.45) is 5.41 Å². The number of rotatable bonds is 4. The monoisotopic (exact) mass is 166 g/mol.